The third-order valence-corrected chi connectivity index (χ3v) is 4.89. The first-order chi connectivity index (χ1) is 12.8. The Kier molecular flexibility index (Phi) is 4.93. The van der Waals surface area contributed by atoms with Gasteiger partial charge in [0.25, 0.3) is 0 Å². The second kappa shape index (κ2) is 7.66. The fourth-order valence-electron chi connectivity index (χ4n) is 3.45. The van der Waals surface area contributed by atoms with Gasteiger partial charge in [-0.05, 0) is 30.7 Å². The lowest BCUT2D eigenvalue weighted by atomic mass is 10.1. The Morgan fingerprint density at radius 2 is 1.96 bits per heavy atom. The number of aromatic nitrogens is 4. The minimum Gasteiger partial charge on any atom is -0.493 e. The zero-order valence-electron chi connectivity index (χ0n) is 15.0. The Bertz CT molecular complexity index is 834. The molecule has 1 atom stereocenters. The number of ether oxygens (including phenoxy) is 1. The molecule has 1 aliphatic heterocycles. The largest absolute Gasteiger partial charge is 0.493 e. The molecule has 26 heavy (non-hydrogen) atoms. The monoisotopic (exact) mass is 349 g/mol. The molecule has 0 spiro atoms. The van der Waals surface area contributed by atoms with E-state index in [2.05, 4.69) is 32.4 Å². The molecule has 134 valence electrons. The first-order valence-electron chi connectivity index (χ1n) is 9.01. The van der Waals surface area contributed by atoms with Crippen LogP contribution in [0.15, 0.2) is 55.2 Å². The van der Waals surface area contributed by atoms with Crippen molar-refractivity contribution >= 4 is 0 Å². The van der Waals surface area contributed by atoms with Gasteiger partial charge in [-0.25, -0.2) is 4.98 Å². The summed E-state index contributed by atoms with van der Waals surface area (Å²) < 4.78 is 8.15. The highest BCUT2D eigenvalue weighted by Crippen LogP contribution is 2.27. The third kappa shape index (κ3) is 3.60. The van der Waals surface area contributed by atoms with Gasteiger partial charge in [0.2, 0.25) is 0 Å². The maximum Gasteiger partial charge on any atom is 0.126 e. The highest BCUT2D eigenvalue weighted by molar-refractivity contribution is 5.17. The highest BCUT2D eigenvalue weighted by Gasteiger charge is 2.26. The van der Waals surface area contributed by atoms with Crippen LogP contribution in [0.4, 0.5) is 0 Å². The molecule has 4 heterocycles. The average Bonchev–Trinajstić information content (AvgIpc) is 3.10. The lowest BCUT2D eigenvalue weighted by Gasteiger charge is -2.34. The zero-order valence-corrected chi connectivity index (χ0v) is 15.0. The van der Waals surface area contributed by atoms with Gasteiger partial charge in [0.15, 0.2) is 0 Å². The molecule has 0 bridgehead atoms. The van der Waals surface area contributed by atoms with E-state index in [9.17, 15) is 0 Å². The van der Waals surface area contributed by atoms with E-state index in [0.717, 1.165) is 37.6 Å². The minimum absolute atomic E-state index is 0.291. The van der Waals surface area contributed by atoms with Crippen LogP contribution in [0.25, 0.3) is 0 Å². The van der Waals surface area contributed by atoms with Crippen molar-refractivity contribution < 1.29 is 4.74 Å². The first-order valence-corrected chi connectivity index (χ1v) is 9.01. The van der Waals surface area contributed by atoms with E-state index in [1.165, 1.54) is 11.3 Å². The van der Waals surface area contributed by atoms with Crippen molar-refractivity contribution in [2.45, 2.75) is 32.5 Å². The molecule has 0 saturated carbocycles. The summed E-state index contributed by atoms with van der Waals surface area (Å²) in [5, 5.41) is 0. The molecule has 0 fully saturated rings. The topological polar surface area (TPSA) is 56.1 Å². The minimum atomic E-state index is 0.291. The molecule has 0 N–H and O–H groups in total. The summed E-state index contributed by atoms with van der Waals surface area (Å²) in [5.74, 6) is 1.99. The zero-order chi connectivity index (χ0) is 17.8. The van der Waals surface area contributed by atoms with Crippen molar-refractivity contribution in [2.75, 3.05) is 13.2 Å². The van der Waals surface area contributed by atoms with Crippen molar-refractivity contribution in [1.82, 2.24) is 24.4 Å². The summed E-state index contributed by atoms with van der Waals surface area (Å²) in [6.07, 6.45) is 10.1. The third-order valence-electron chi connectivity index (χ3n) is 4.89. The SMILES string of the molecule is CC1c2ncc(CCOc3ccncc3)n2CCN1Cc1cccnc1. The second-order valence-corrected chi connectivity index (χ2v) is 6.55. The predicted octanol–water partition coefficient (Wildman–Crippen LogP) is 2.87. The van der Waals surface area contributed by atoms with Crippen LogP contribution in [0.5, 0.6) is 5.75 Å². The van der Waals surface area contributed by atoms with Crippen molar-refractivity contribution in [3.63, 3.8) is 0 Å². The lowest BCUT2D eigenvalue weighted by molar-refractivity contribution is 0.154. The van der Waals surface area contributed by atoms with Crippen LogP contribution in [-0.2, 0) is 19.5 Å². The quantitative estimate of drug-likeness (QED) is 0.685. The number of rotatable bonds is 6. The molecule has 0 amide bonds. The van der Waals surface area contributed by atoms with E-state index in [4.69, 9.17) is 9.72 Å². The van der Waals surface area contributed by atoms with Crippen LogP contribution in [-0.4, -0.2) is 37.6 Å². The van der Waals surface area contributed by atoms with E-state index in [1.54, 1.807) is 12.4 Å². The van der Waals surface area contributed by atoms with Crippen LogP contribution < -0.4 is 4.74 Å². The Hall–Kier alpha value is -2.73. The Balaban J connectivity index is 1.39. The Morgan fingerprint density at radius 3 is 2.77 bits per heavy atom. The summed E-state index contributed by atoms with van der Waals surface area (Å²) in [4.78, 5) is 15.4. The highest BCUT2D eigenvalue weighted by atomic mass is 16.5. The number of hydrogen-bond acceptors (Lipinski definition) is 5. The van der Waals surface area contributed by atoms with Gasteiger partial charge >= 0.3 is 0 Å². The van der Waals surface area contributed by atoms with E-state index in [-0.39, 0.29) is 0 Å². The number of pyridine rings is 2. The summed E-state index contributed by atoms with van der Waals surface area (Å²) in [6.45, 7) is 5.75. The molecule has 6 heteroatoms. The van der Waals surface area contributed by atoms with Crippen molar-refractivity contribution in [2.24, 2.45) is 0 Å². The van der Waals surface area contributed by atoms with Crippen molar-refractivity contribution in [3.8, 4) is 5.75 Å². The van der Waals surface area contributed by atoms with E-state index in [0.29, 0.717) is 12.6 Å². The average molecular weight is 349 g/mol. The van der Waals surface area contributed by atoms with Gasteiger partial charge in [0.05, 0.1) is 12.6 Å². The molecule has 1 aliphatic rings. The van der Waals surface area contributed by atoms with Crippen molar-refractivity contribution in [1.29, 1.82) is 0 Å². The molecule has 3 aromatic rings. The van der Waals surface area contributed by atoms with Gasteiger partial charge < -0.3 is 9.30 Å². The molecule has 1 unspecified atom stereocenters. The Labute approximate surface area is 153 Å². The van der Waals surface area contributed by atoms with Crippen LogP contribution >= 0.6 is 0 Å². The fraction of sp³-hybridized carbons (Fsp3) is 0.350. The van der Waals surface area contributed by atoms with Crippen molar-refractivity contribution in [3.05, 3.63) is 72.3 Å². The molecular weight excluding hydrogens is 326 g/mol. The second-order valence-electron chi connectivity index (χ2n) is 6.55. The first kappa shape index (κ1) is 16.7. The van der Waals surface area contributed by atoms with Crippen LogP contribution in [0.2, 0.25) is 0 Å². The smallest absolute Gasteiger partial charge is 0.126 e. The normalized spacial score (nSPS) is 17.0. The van der Waals surface area contributed by atoms with Gasteiger partial charge in [-0.2, -0.15) is 0 Å². The van der Waals surface area contributed by atoms with Gasteiger partial charge in [0.1, 0.15) is 11.6 Å². The molecular formula is C20H23N5O. The van der Waals surface area contributed by atoms with E-state index in [1.807, 2.05) is 36.8 Å². The van der Waals surface area contributed by atoms with Crippen LogP contribution in [0.3, 0.4) is 0 Å². The van der Waals surface area contributed by atoms with Gasteiger partial charge in [0, 0.05) is 62.7 Å². The van der Waals surface area contributed by atoms with E-state index < -0.39 is 0 Å². The molecule has 6 nitrogen and oxygen atoms in total. The van der Waals surface area contributed by atoms with Crippen LogP contribution in [0.1, 0.15) is 30.0 Å². The number of nitrogens with zero attached hydrogens (tertiary/aromatic N) is 5. The molecule has 0 aromatic carbocycles. The molecule has 4 rings (SSSR count). The predicted molar refractivity (Wildman–Crippen MR) is 98.7 cm³/mol. The fourth-order valence-corrected chi connectivity index (χ4v) is 3.45. The summed E-state index contributed by atoms with van der Waals surface area (Å²) in [7, 11) is 0. The molecule has 3 aromatic heterocycles. The summed E-state index contributed by atoms with van der Waals surface area (Å²) in [6, 6.07) is 8.17. The maximum absolute atomic E-state index is 5.80. The number of hydrogen-bond donors (Lipinski definition) is 0. The standard InChI is InChI=1S/C20H23N5O/c1-16-20-23-14-18(6-12-26-19-4-8-21-9-5-19)25(20)11-10-24(16)15-17-3-2-7-22-13-17/h2-5,7-9,13-14,16H,6,10-12,15H2,1H3. The van der Waals surface area contributed by atoms with Gasteiger partial charge in [-0.3, -0.25) is 14.9 Å². The summed E-state index contributed by atoms with van der Waals surface area (Å²) >= 11 is 0. The number of fused-ring (bicyclic) bond motifs is 1. The van der Waals surface area contributed by atoms with E-state index >= 15 is 0 Å². The lowest BCUT2D eigenvalue weighted by Crippen LogP contribution is -2.37. The Morgan fingerprint density at radius 1 is 1.08 bits per heavy atom. The number of imidazole rings is 1. The maximum atomic E-state index is 5.80. The molecule has 0 radical (unpaired) electrons. The van der Waals surface area contributed by atoms with Gasteiger partial charge in [-0.15, -0.1) is 0 Å². The molecule has 0 aliphatic carbocycles. The summed E-state index contributed by atoms with van der Waals surface area (Å²) in [5.41, 5.74) is 2.48. The molecule has 0 saturated heterocycles. The van der Waals surface area contributed by atoms with Gasteiger partial charge in [-0.1, -0.05) is 6.07 Å². The van der Waals surface area contributed by atoms with Crippen LogP contribution in [0, 0.1) is 0 Å².